The van der Waals surface area contributed by atoms with Crippen molar-refractivity contribution in [3.8, 4) is 22.5 Å². The van der Waals surface area contributed by atoms with Crippen LogP contribution in [0.2, 0.25) is 0 Å². The summed E-state index contributed by atoms with van der Waals surface area (Å²) < 4.78 is 6.00. The van der Waals surface area contributed by atoms with E-state index in [4.69, 9.17) is 4.98 Å². The lowest BCUT2D eigenvalue weighted by molar-refractivity contribution is 0.428. The van der Waals surface area contributed by atoms with Gasteiger partial charge in [0, 0.05) is 23.5 Å². The third-order valence-electron chi connectivity index (χ3n) is 5.84. The highest BCUT2D eigenvalue weighted by molar-refractivity contribution is 5.78. The maximum absolute atomic E-state index is 4.99. The predicted octanol–water partition coefficient (Wildman–Crippen LogP) is 4.71. The van der Waals surface area contributed by atoms with Gasteiger partial charge in [-0.2, -0.15) is 15.3 Å². The van der Waals surface area contributed by atoms with Crippen molar-refractivity contribution in [3.63, 3.8) is 0 Å². The molecule has 4 aromatic rings. The highest BCUT2D eigenvalue weighted by Crippen LogP contribution is 2.29. The molecular weight excluding hydrogens is 362 g/mol. The average Bonchev–Trinajstić information content (AvgIpc) is 3.55. The summed E-state index contributed by atoms with van der Waals surface area (Å²) in [7, 11) is 0. The molecule has 0 radical (unpaired) electrons. The fraction of sp³-hybridized carbons (Fsp3) is 0.364. The topological polar surface area (TPSA) is 65.8 Å². The van der Waals surface area contributed by atoms with Crippen LogP contribution in [0.1, 0.15) is 51.6 Å². The Labute approximate surface area is 169 Å². The van der Waals surface area contributed by atoms with E-state index >= 15 is 0 Å². The van der Waals surface area contributed by atoms with Gasteiger partial charge in [0.25, 0.3) is 0 Å². The molecule has 0 atom stereocenters. The smallest absolute Gasteiger partial charge is 0.0999 e. The molecule has 0 aromatic carbocycles. The quantitative estimate of drug-likeness (QED) is 0.450. The van der Waals surface area contributed by atoms with Crippen LogP contribution in [-0.2, 0) is 0 Å². The second-order valence-corrected chi connectivity index (χ2v) is 7.62. The van der Waals surface area contributed by atoms with Gasteiger partial charge in [-0.1, -0.05) is 26.0 Å². The average molecular weight is 387 g/mol. The molecule has 7 heteroatoms. The van der Waals surface area contributed by atoms with Crippen LogP contribution >= 0.6 is 0 Å². The van der Waals surface area contributed by atoms with Gasteiger partial charge in [-0.25, -0.2) is 9.50 Å². The number of hydrogen-bond acceptors (Lipinski definition) is 4. The summed E-state index contributed by atoms with van der Waals surface area (Å²) in [5.74, 6) is 0. The molecular formula is C22H25N7. The van der Waals surface area contributed by atoms with Gasteiger partial charge in [0.1, 0.15) is 0 Å². The van der Waals surface area contributed by atoms with Crippen molar-refractivity contribution < 1.29 is 0 Å². The molecule has 0 aliphatic heterocycles. The van der Waals surface area contributed by atoms with Crippen molar-refractivity contribution in [1.29, 1.82) is 0 Å². The van der Waals surface area contributed by atoms with Crippen LogP contribution in [0.15, 0.2) is 55.4 Å². The molecule has 4 heterocycles. The van der Waals surface area contributed by atoms with Gasteiger partial charge in [0.05, 0.1) is 53.8 Å². The van der Waals surface area contributed by atoms with Crippen molar-refractivity contribution in [2.45, 2.75) is 51.6 Å². The monoisotopic (exact) mass is 387 g/mol. The maximum Gasteiger partial charge on any atom is 0.0999 e. The Morgan fingerprint density at radius 3 is 2.55 bits per heavy atom. The minimum atomic E-state index is 0.408. The standard InChI is InChI=1S/C22H25N7/c1-3-18(4-2)27-14-17(12-25-27)22-21-9-10-23-29(21)15-20(26-22)16-11-24-28(13-16)19-7-5-6-8-19/h5-6,9-15,18-19H,3-4,7-8H2,1-2H3. The number of rotatable bonds is 6. The number of nitrogens with zero attached hydrogens (tertiary/aromatic N) is 7. The van der Waals surface area contributed by atoms with E-state index in [9.17, 15) is 0 Å². The highest BCUT2D eigenvalue weighted by Gasteiger charge is 2.17. The van der Waals surface area contributed by atoms with E-state index in [-0.39, 0.29) is 0 Å². The predicted molar refractivity (Wildman–Crippen MR) is 112 cm³/mol. The molecule has 0 fully saturated rings. The number of fused-ring (bicyclic) bond motifs is 1. The van der Waals surface area contributed by atoms with Crippen LogP contribution in [-0.4, -0.2) is 34.2 Å². The van der Waals surface area contributed by atoms with Crippen LogP contribution in [0.5, 0.6) is 0 Å². The van der Waals surface area contributed by atoms with Crippen molar-refractivity contribution in [1.82, 2.24) is 34.2 Å². The summed E-state index contributed by atoms with van der Waals surface area (Å²) in [6.07, 6.45) is 20.4. The summed E-state index contributed by atoms with van der Waals surface area (Å²) in [6.45, 7) is 4.39. The molecule has 148 valence electrons. The Bertz CT molecular complexity index is 1150. The minimum Gasteiger partial charge on any atom is -0.269 e. The lowest BCUT2D eigenvalue weighted by atomic mass is 10.1. The molecule has 0 unspecified atom stereocenters. The summed E-state index contributed by atoms with van der Waals surface area (Å²) in [6, 6.07) is 2.81. The molecule has 0 N–H and O–H groups in total. The van der Waals surface area contributed by atoms with E-state index < -0.39 is 0 Å². The molecule has 1 aliphatic carbocycles. The molecule has 0 amide bonds. The van der Waals surface area contributed by atoms with E-state index in [0.717, 1.165) is 53.7 Å². The van der Waals surface area contributed by atoms with Gasteiger partial charge in [-0.05, 0) is 31.7 Å². The lowest BCUT2D eigenvalue weighted by Crippen LogP contribution is -2.06. The van der Waals surface area contributed by atoms with Gasteiger partial charge in [-0.3, -0.25) is 9.36 Å². The summed E-state index contributed by atoms with van der Waals surface area (Å²) in [4.78, 5) is 4.99. The Hall–Kier alpha value is -3.22. The lowest BCUT2D eigenvalue weighted by Gasteiger charge is -2.12. The van der Waals surface area contributed by atoms with Gasteiger partial charge >= 0.3 is 0 Å². The van der Waals surface area contributed by atoms with Crippen LogP contribution < -0.4 is 0 Å². The van der Waals surface area contributed by atoms with Crippen LogP contribution in [0.4, 0.5) is 0 Å². The van der Waals surface area contributed by atoms with Crippen molar-refractivity contribution in [2.75, 3.05) is 0 Å². The van der Waals surface area contributed by atoms with Crippen LogP contribution in [0.3, 0.4) is 0 Å². The number of hydrogen-bond donors (Lipinski definition) is 0. The van der Waals surface area contributed by atoms with E-state index in [2.05, 4.69) is 63.1 Å². The van der Waals surface area contributed by atoms with Gasteiger partial charge < -0.3 is 0 Å². The van der Waals surface area contributed by atoms with Crippen molar-refractivity contribution in [2.24, 2.45) is 0 Å². The number of aromatic nitrogens is 7. The first kappa shape index (κ1) is 17.8. The second-order valence-electron chi connectivity index (χ2n) is 7.62. The third-order valence-corrected chi connectivity index (χ3v) is 5.84. The number of allylic oxidation sites excluding steroid dienone is 2. The Balaban J connectivity index is 1.56. The molecule has 0 saturated carbocycles. The van der Waals surface area contributed by atoms with Gasteiger partial charge in [0.2, 0.25) is 0 Å². The zero-order valence-corrected chi connectivity index (χ0v) is 16.8. The fourth-order valence-corrected chi connectivity index (χ4v) is 4.09. The van der Waals surface area contributed by atoms with Gasteiger partial charge in [-0.15, -0.1) is 0 Å². The van der Waals surface area contributed by atoms with Crippen LogP contribution in [0.25, 0.3) is 28.0 Å². The fourth-order valence-electron chi connectivity index (χ4n) is 4.09. The molecule has 1 aliphatic rings. The summed E-state index contributed by atoms with van der Waals surface area (Å²) in [5.41, 5.74) is 4.75. The van der Waals surface area contributed by atoms with E-state index in [1.54, 1.807) is 0 Å². The first-order valence-electron chi connectivity index (χ1n) is 10.3. The summed E-state index contributed by atoms with van der Waals surface area (Å²) >= 11 is 0. The van der Waals surface area contributed by atoms with Gasteiger partial charge in [0.15, 0.2) is 0 Å². The second kappa shape index (κ2) is 7.31. The maximum atomic E-state index is 4.99. The normalized spacial score (nSPS) is 14.6. The largest absolute Gasteiger partial charge is 0.269 e. The molecule has 0 saturated heterocycles. The first-order valence-corrected chi connectivity index (χ1v) is 10.3. The van der Waals surface area contributed by atoms with E-state index in [1.807, 2.05) is 35.4 Å². The van der Waals surface area contributed by atoms with E-state index in [1.165, 1.54) is 0 Å². The zero-order valence-electron chi connectivity index (χ0n) is 16.8. The SMILES string of the molecule is CCC(CC)n1cc(-c2nc(-c3cnn(C4CC=CC4)c3)cn3nccc23)cn1. The Morgan fingerprint density at radius 1 is 0.966 bits per heavy atom. The minimum absolute atomic E-state index is 0.408. The Morgan fingerprint density at radius 2 is 1.76 bits per heavy atom. The first-order chi connectivity index (χ1) is 14.3. The molecule has 29 heavy (non-hydrogen) atoms. The van der Waals surface area contributed by atoms with Crippen molar-refractivity contribution >= 4 is 5.52 Å². The molecule has 7 nitrogen and oxygen atoms in total. The summed E-state index contributed by atoms with van der Waals surface area (Å²) in [5, 5.41) is 13.7. The van der Waals surface area contributed by atoms with E-state index in [0.29, 0.717) is 12.1 Å². The molecule has 4 aromatic heterocycles. The Kier molecular flexibility index (Phi) is 4.50. The van der Waals surface area contributed by atoms with Crippen LogP contribution in [0, 0.1) is 0 Å². The molecule has 0 bridgehead atoms. The highest BCUT2D eigenvalue weighted by atomic mass is 15.3. The van der Waals surface area contributed by atoms with Crippen molar-refractivity contribution in [3.05, 3.63) is 55.4 Å². The third kappa shape index (κ3) is 3.16. The molecule has 0 spiro atoms. The zero-order chi connectivity index (χ0) is 19.8. The molecule has 5 rings (SSSR count).